The zero-order valence-electron chi connectivity index (χ0n) is 22.0. The average molecular weight is 550 g/mol. The number of nitrogens with one attached hydrogen (secondary N) is 3. The number of amides is 1. The third-order valence-electron chi connectivity index (χ3n) is 8.08. The Morgan fingerprint density at radius 3 is 2.36 bits per heavy atom. The highest BCUT2D eigenvalue weighted by atomic mass is 32.2. The normalized spacial score (nSPS) is 24.6. The zero-order valence-corrected chi connectivity index (χ0v) is 22.8. The number of hydrogen-bond acceptors (Lipinski definition) is 5. The summed E-state index contributed by atoms with van der Waals surface area (Å²) in [5, 5.41) is 13.6. The first-order valence-electron chi connectivity index (χ1n) is 13.3. The van der Waals surface area contributed by atoms with Gasteiger partial charge in [-0.1, -0.05) is 66.7 Å². The van der Waals surface area contributed by atoms with Crippen LogP contribution in [0.3, 0.4) is 0 Å². The van der Waals surface area contributed by atoms with Crippen LogP contribution in [-0.4, -0.2) is 45.2 Å². The number of carbonyl (C=O) groups excluding carboxylic acids is 1. The summed E-state index contributed by atoms with van der Waals surface area (Å²) in [6.45, 7) is 0.427. The van der Waals surface area contributed by atoms with Gasteiger partial charge in [-0.15, -0.1) is 0 Å². The number of rotatable bonds is 9. The molecule has 2 aliphatic rings. The van der Waals surface area contributed by atoms with Crippen LogP contribution in [0.15, 0.2) is 78.9 Å². The van der Waals surface area contributed by atoms with E-state index in [0.717, 1.165) is 16.7 Å². The molecule has 2 atom stereocenters. The SMILES string of the molecule is COc1ccccc1C(=O)NC[C@]1(c2ccccc2)CC[C@H](NS(=O)(=O)NC2c3ccccc3C[C@H]2O)CC1. The fourth-order valence-corrected chi connectivity index (χ4v) is 7.32. The van der Waals surface area contributed by atoms with Gasteiger partial charge in [-0.2, -0.15) is 17.9 Å². The van der Waals surface area contributed by atoms with E-state index in [-0.39, 0.29) is 17.4 Å². The predicted molar refractivity (Wildman–Crippen MR) is 150 cm³/mol. The number of hydrogen-bond donors (Lipinski definition) is 4. The molecule has 1 amide bonds. The number of fused-ring (bicyclic) bond motifs is 1. The van der Waals surface area contributed by atoms with E-state index in [2.05, 4.69) is 26.9 Å². The minimum Gasteiger partial charge on any atom is -0.496 e. The van der Waals surface area contributed by atoms with Gasteiger partial charge in [0.15, 0.2) is 0 Å². The van der Waals surface area contributed by atoms with Gasteiger partial charge in [-0.3, -0.25) is 4.79 Å². The molecule has 3 aromatic rings. The van der Waals surface area contributed by atoms with E-state index in [1.54, 1.807) is 25.3 Å². The Kier molecular flexibility index (Phi) is 8.04. The standard InChI is InChI=1S/C30H35N3O5S/c1-38-27-14-8-7-13-25(27)29(35)31-20-30(22-10-3-2-4-11-22)17-15-23(16-18-30)32-39(36,37)33-28-24-12-6-5-9-21(24)19-26(28)34/h2-14,23,26,28,32-34H,15-20H2,1H3,(H,31,35)/t23-,26-,28?,30-/m1/s1. The molecule has 0 aliphatic heterocycles. The smallest absolute Gasteiger partial charge is 0.277 e. The van der Waals surface area contributed by atoms with Crippen molar-refractivity contribution in [3.05, 3.63) is 101 Å². The number of para-hydroxylation sites is 1. The van der Waals surface area contributed by atoms with E-state index in [4.69, 9.17) is 4.74 Å². The van der Waals surface area contributed by atoms with Crippen molar-refractivity contribution in [3.63, 3.8) is 0 Å². The van der Waals surface area contributed by atoms with Gasteiger partial charge in [0.25, 0.3) is 16.1 Å². The molecule has 39 heavy (non-hydrogen) atoms. The molecular formula is C30H35N3O5S. The average Bonchev–Trinajstić information content (AvgIpc) is 3.27. The molecule has 2 aliphatic carbocycles. The summed E-state index contributed by atoms with van der Waals surface area (Å²) in [4.78, 5) is 13.1. The van der Waals surface area contributed by atoms with E-state index in [9.17, 15) is 18.3 Å². The van der Waals surface area contributed by atoms with Crippen molar-refractivity contribution in [2.24, 2.45) is 0 Å². The zero-order chi connectivity index (χ0) is 27.5. The largest absolute Gasteiger partial charge is 0.496 e. The number of aliphatic hydroxyl groups is 1. The monoisotopic (exact) mass is 549 g/mol. The van der Waals surface area contributed by atoms with Crippen LogP contribution >= 0.6 is 0 Å². The van der Waals surface area contributed by atoms with Crippen LogP contribution in [0.25, 0.3) is 0 Å². The number of aliphatic hydroxyl groups excluding tert-OH is 1. The molecule has 9 heteroatoms. The molecule has 0 saturated heterocycles. The lowest BCUT2D eigenvalue weighted by molar-refractivity contribution is 0.0932. The summed E-state index contributed by atoms with van der Waals surface area (Å²) in [5.41, 5.74) is 3.04. The third kappa shape index (κ3) is 6.01. The summed E-state index contributed by atoms with van der Waals surface area (Å²) in [6, 6.07) is 23.8. The number of carbonyl (C=O) groups is 1. The first-order valence-corrected chi connectivity index (χ1v) is 14.8. The fourth-order valence-electron chi connectivity index (χ4n) is 5.96. The van der Waals surface area contributed by atoms with Gasteiger partial charge in [0.2, 0.25) is 0 Å². The molecule has 1 fully saturated rings. The highest BCUT2D eigenvalue weighted by Gasteiger charge is 2.39. The topological polar surface area (TPSA) is 117 Å². The number of ether oxygens (including phenoxy) is 1. The van der Waals surface area contributed by atoms with Crippen LogP contribution in [0.1, 0.15) is 58.8 Å². The molecular weight excluding hydrogens is 514 g/mol. The van der Waals surface area contributed by atoms with Crippen molar-refractivity contribution in [1.82, 2.24) is 14.8 Å². The van der Waals surface area contributed by atoms with Gasteiger partial charge in [0.1, 0.15) is 5.75 Å². The molecule has 206 valence electrons. The number of methoxy groups -OCH3 is 1. The maximum absolute atomic E-state index is 13.1. The van der Waals surface area contributed by atoms with Crippen molar-refractivity contribution < 1.29 is 23.1 Å². The van der Waals surface area contributed by atoms with Crippen molar-refractivity contribution in [2.75, 3.05) is 13.7 Å². The lowest BCUT2D eigenvalue weighted by Gasteiger charge is -2.41. The molecule has 0 spiro atoms. The third-order valence-corrected chi connectivity index (χ3v) is 9.28. The molecule has 0 aromatic heterocycles. The van der Waals surface area contributed by atoms with Gasteiger partial charge in [0, 0.05) is 24.4 Å². The second-order valence-electron chi connectivity index (χ2n) is 10.5. The lowest BCUT2D eigenvalue weighted by atomic mass is 9.68. The molecule has 3 aromatic carbocycles. The van der Waals surface area contributed by atoms with E-state index in [0.29, 0.717) is 50.0 Å². The van der Waals surface area contributed by atoms with Gasteiger partial charge in [-0.05, 0) is 54.5 Å². The van der Waals surface area contributed by atoms with E-state index >= 15 is 0 Å². The molecule has 1 unspecified atom stereocenters. The summed E-state index contributed by atoms with van der Waals surface area (Å²) in [7, 11) is -2.31. The first-order chi connectivity index (χ1) is 18.8. The summed E-state index contributed by atoms with van der Waals surface area (Å²) in [5.74, 6) is 0.314. The van der Waals surface area contributed by atoms with Gasteiger partial charge in [-0.25, -0.2) is 0 Å². The fraction of sp³-hybridized carbons (Fsp3) is 0.367. The summed E-state index contributed by atoms with van der Waals surface area (Å²) >= 11 is 0. The molecule has 1 saturated carbocycles. The quantitative estimate of drug-likeness (QED) is 0.327. The highest BCUT2D eigenvalue weighted by Crippen LogP contribution is 2.40. The van der Waals surface area contributed by atoms with Crippen molar-refractivity contribution in [1.29, 1.82) is 0 Å². The van der Waals surface area contributed by atoms with Crippen LogP contribution in [0, 0.1) is 0 Å². The Hall–Kier alpha value is -3.24. The van der Waals surface area contributed by atoms with Crippen LogP contribution in [-0.2, 0) is 22.0 Å². The molecule has 5 rings (SSSR count). The Balaban J connectivity index is 1.26. The maximum atomic E-state index is 13.1. The minimum absolute atomic E-state index is 0.204. The summed E-state index contributed by atoms with van der Waals surface area (Å²) < 4.78 is 37.0. The van der Waals surface area contributed by atoms with Crippen LogP contribution < -0.4 is 19.5 Å². The first kappa shape index (κ1) is 27.3. The van der Waals surface area contributed by atoms with Crippen LogP contribution in [0.4, 0.5) is 0 Å². The van der Waals surface area contributed by atoms with Gasteiger partial charge >= 0.3 is 0 Å². The molecule has 4 N–H and O–H groups in total. The second-order valence-corrected chi connectivity index (χ2v) is 12.0. The Labute approximate surface area is 230 Å². The van der Waals surface area contributed by atoms with Crippen LogP contribution in [0.2, 0.25) is 0 Å². The molecule has 0 radical (unpaired) electrons. The second kappa shape index (κ2) is 11.5. The Bertz CT molecular complexity index is 1400. The van der Waals surface area contributed by atoms with Gasteiger partial charge < -0.3 is 15.2 Å². The molecule has 8 nitrogen and oxygen atoms in total. The predicted octanol–water partition coefficient (Wildman–Crippen LogP) is 3.39. The van der Waals surface area contributed by atoms with Crippen molar-refractivity contribution in [3.8, 4) is 5.75 Å². The van der Waals surface area contributed by atoms with E-state index < -0.39 is 22.4 Å². The van der Waals surface area contributed by atoms with Crippen molar-refractivity contribution >= 4 is 16.1 Å². The van der Waals surface area contributed by atoms with Crippen molar-refractivity contribution in [2.45, 2.75) is 55.7 Å². The highest BCUT2D eigenvalue weighted by molar-refractivity contribution is 7.87. The molecule has 0 heterocycles. The van der Waals surface area contributed by atoms with Gasteiger partial charge in [0.05, 0.1) is 24.8 Å². The summed E-state index contributed by atoms with van der Waals surface area (Å²) in [6.07, 6.45) is 2.25. The maximum Gasteiger partial charge on any atom is 0.277 e. The van der Waals surface area contributed by atoms with E-state index in [1.807, 2.05) is 48.5 Å². The number of benzene rings is 3. The van der Waals surface area contributed by atoms with E-state index in [1.165, 1.54) is 0 Å². The minimum atomic E-state index is -3.86. The Morgan fingerprint density at radius 1 is 0.949 bits per heavy atom. The van der Waals surface area contributed by atoms with Crippen LogP contribution in [0.5, 0.6) is 5.75 Å². The lowest BCUT2D eigenvalue weighted by Crippen LogP contribution is -2.50. The Morgan fingerprint density at radius 2 is 1.62 bits per heavy atom. The molecule has 0 bridgehead atoms.